The van der Waals surface area contributed by atoms with Crippen LogP contribution in [0.3, 0.4) is 0 Å². The summed E-state index contributed by atoms with van der Waals surface area (Å²) in [5, 5.41) is 2.59. The van der Waals surface area contributed by atoms with Gasteiger partial charge in [-0.05, 0) is 12.1 Å². The highest BCUT2D eigenvalue weighted by atomic mass is 16.1. The normalized spacial score (nSPS) is 9.00. The van der Waals surface area contributed by atoms with E-state index in [1.165, 1.54) is 6.92 Å². The highest BCUT2D eigenvalue weighted by Gasteiger charge is 1.91. The van der Waals surface area contributed by atoms with Crippen LogP contribution in [-0.4, -0.2) is 10.9 Å². The maximum Gasteiger partial charge on any atom is 0.222 e. The minimum Gasteiger partial charge on any atom is -0.348 e. The lowest BCUT2D eigenvalue weighted by molar-refractivity contribution is -0.114. The molecule has 1 aromatic heterocycles. The Kier molecular flexibility index (Phi) is 1.53. The first kappa shape index (κ1) is 5.88. The van der Waals surface area contributed by atoms with E-state index in [4.69, 9.17) is 0 Å². The second-order valence-electron chi connectivity index (χ2n) is 1.76. The minimum absolute atomic E-state index is 0.0579. The van der Waals surface area contributed by atoms with Crippen LogP contribution in [0.5, 0.6) is 0 Å². The van der Waals surface area contributed by atoms with Gasteiger partial charge in [-0.1, -0.05) is 0 Å². The molecule has 0 saturated carbocycles. The maximum atomic E-state index is 10.4. The zero-order valence-electron chi connectivity index (χ0n) is 5.14. The first-order valence-corrected chi connectivity index (χ1v) is 2.70. The second kappa shape index (κ2) is 2.35. The summed E-state index contributed by atoms with van der Waals surface area (Å²) in [6.45, 7) is 1.47. The Labute approximate surface area is 53.1 Å². The lowest BCUT2D eigenvalue weighted by Crippen LogP contribution is -2.05. The molecule has 1 amide bonds. The molecular weight excluding hydrogens is 116 g/mol. The van der Waals surface area contributed by atoms with E-state index >= 15 is 0 Å². The number of nitrogens with one attached hydrogen (secondary N) is 2. The van der Waals surface area contributed by atoms with Crippen molar-refractivity contribution < 1.29 is 4.79 Å². The van der Waals surface area contributed by atoms with Crippen molar-refractivity contribution in [1.29, 1.82) is 0 Å². The lowest BCUT2D eigenvalue weighted by Gasteiger charge is -1.93. The highest BCUT2D eigenvalue weighted by molar-refractivity contribution is 5.87. The molecule has 0 aromatic carbocycles. The van der Waals surface area contributed by atoms with Gasteiger partial charge in [0.2, 0.25) is 5.91 Å². The first-order chi connectivity index (χ1) is 4.29. The van der Waals surface area contributed by atoms with Gasteiger partial charge in [0, 0.05) is 13.1 Å². The van der Waals surface area contributed by atoms with Crippen LogP contribution in [0.1, 0.15) is 6.92 Å². The van der Waals surface area contributed by atoms with Crippen LogP contribution in [0, 0.1) is 0 Å². The Bertz CT molecular complexity index is 191. The van der Waals surface area contributed by atoms with Crippen LogP contribution < -0.4 is 5.32 Å². The first-order valence-electron chi connectivity index (χ1n) is 2.70. The van der Waals surface area contributed by atoms with Gasteiger partial charge in [-0.2, -0.15) is 0 Å². The molecule has 0 radical (unpaired) electrons. The molecule has 48 valence electrons. The summed E-state index contributed by atoms with van der Waals surface area (Å²) < 4.78 is 0. The average molecular weight is 124 g/mol. The average Bonchev–Trinajstić information content (AvgIpc) is 2.15. The topological polar surface area (TPSA) is 44.9 Å². The Morgan fingerprint density at radius 2 is 2.56 bits per heavy atom. The molecule has 1 aromatic rings. The molecule has 0 unspecified atom stereocenters. The maximum absolute atomic E-state index is 10.4. The fourth-order valence-corrected chi connectivity index (χ4v) is 0.598. The quantitative estimate of drug-likeness (QED) is 0.575. The molecule has 1 rings (SSSR count). The molecule has 0 aliphatic carbocycles. The molecule has 0 saturated heterocycles. The second-order valence-corrected chi connectivity index (χ2v) is 1.76. The van der Waals surface area contributed by atoms with Crippen LogP contribution in [-0.2, 0) is 4.79 Å². The Morgan fingerprint density at radius 1 is 1.78 bits per heavy atom. The van der Waals surface area contributed by atoms with Gasteiger partial charge in [-0.3, -0.25) is 4.79 Å². The summed E-state index contributed by atoms with van der Waals surface area (Å²) in [6, 6.07) is 3.62. The zero-order chi connectivity index (χ0) is 6.69. The number of H-pyrrole nitrogens is 1. The van der Waals surface area contributed by atoms with Crippen LogP contribution in [0.15, 0.2) is 18.3 Å². The number of hydrogen-bond acceptors (Lipinski definition) is 1. The molecule has 0 aliphatic heterocycles. The van der Waals surface area contributed by atoms with Gasteiger partial charge in [0.15, 0.2) is 0 Å². The van der Waals surface area contributed by atoms with E-state index in [0.29, 0.717) is 0 Å². The molecule has 0 spiro atoms. The lowest BCUT2D eigenvalue weighted by atomic mass is 10.6. The SMILES string of the molecule is CC(=O)Nc1ccc[nH]1. The predicted molar refractivity (Wildman–Crippen MR) is 35.1 cm³/mol. The van der Waals surface area contributed by atoms with Crippen molar-refractivity contribution in [3.8, 4) is 0 Å². The standard InChI is InChI=1S/C6H8N2O/c1-5(9)8-6-3-2-4-7-6/h2-4,7H,1H3,(H,8,9). The van der Waals surface area contributed by atoms with E-state index in [0.717, 1.165) is 5.82 Å². The smallest absolute Gasteiger partial charge is 0.222 e. The van der Waals surface area contributed by atoms with E-state index in [1.807, 2.05) is 6.07 Å². The Morgan fingerprint density at radius 3 is 3.00 bits per heavy atom. The van der Waals surface area contributed by atoms with Crippen molar-refractivity contribution in [2.45, 2.75) is 6.92 Å². The van der Waals surface area contributed by atoms with Crippen molar-refractivity contribution in [3.05, 3.63) is 18.3 Å². The molecule has 1 heterocycles. The van der Waals surface area contributed by atoms with Crippen molar-refractivity contribution >= 4 is 11.7 Å². The Balaban J connectivity index is 2.58. The van der Waals surface area contributed by atoms with Gasteiger partial charge in [0.05, 0.1) is 0 Å². The van der Waals surface area contributed by atoms with Gasteiger partial charge in [0.25, 0.3) is 0 Å². The molecule has 0 fully saturated rings. The van der Waals surface area contributed by atoms with Crippen LogP contribution in [0.4, 0.5) is 5.82 Å². The van der Waals surface area contributed by atoms with Crippen LogP contribution >= 0.6 is 0 Å². The summed E-state index contributed by atoms with van der Waals surface area (Å²) in [6.07, 6.45) is 1.76. The van der Waals surface area contributed by atoms with Gasteiger partial charge in [-0.25, -0.2) is 0 Å². The Hall–Kier alpha value is -1.25. The molecule has 0 atom stereocenters. The molecule has 3 heteroatoms. The molecule has 3 nitrogen and oxygen atoms in total. The van der Waals surface area contributed by atoms with E-state index < -0.39 is 0 Å². The summed E-state index contributed by atoms with van der Waals surface area (Å²) in [5.74, 6) is 0.681. The van der Waals surface area contributed by atoms with E-state index in [9.17, 15) is 4.79 Å². The van der Waals surface area contributed by atoms with Crippen LogP contribution in [0.25, 0.3) is 0 Å². The van der Waals surface area contributed by atoms with Crippen molar-refractivity contribution in [2.75, 3.05) is 5.32 Å². The summed E-state index contributed by atoms with van der Waals surface area (Å²) >= 11 is 0. The molecular formula is C6H8N2O. The fourth-order valence-electron chi connectivity index (χ4n) is 0.598. The summed E-state index contributed by atoms with van der Waals surface area (Å²) in [5.41, 5.74) is 0. The van der Waals surface area contributed by atoms with E-state index in [2.05, 4.69) is 10.3 Å². The molecule has 0 bridgehead atoms. The monoisotopic (exact) mass is 124 g/mol. The van der Waals surface area contributed by atoms with Gasteiger partial charge < -0.3 is 10.3 Å². The molecule has 2 N–H and O–H groups in total. The predicted octanol–water partition coefficient (Wildman–Crippen LogP) is 0.973. The number of aromatic amines is 1. The van der Waals surface area contributed by atoms with Crippen molar-refractivity contribution in [3.63, 3.8) is 0 Å². The fraction of sp³-hybridized carbons (Fsp3) is 0.167. The third-order valence-corrected chi connectivity index (χ3v) is 0.909. The minimum atomic E-state index is -0.0579. The zero-order valence-corrected chi connectivity index (χ0v) is 5.14. The highest BCUT2D eigenvalue weighted by Crippen LogP contribution is 1.99. The summed E-state index contributed by atoms with van der Waals surface area (Å²) in [4.78, 5) is 13.2. The number of carbonyl (C=O) groups is 1. The van der Waals surface area contributed by atoms with Crippen molar-refractivity contribution in [1.82, 2.24) is 4.98 Å². The van der Waals surface area contributed by atoms with Gasteiger partial charge in [-0.15, -0.1) is 0 Å². The number of aromatic nitrogens is 1. The van der Waals surface area contributed by atoms with Gasteiger partial charge >= 0.3 is 0 Å². The number of amides is 1. The van der Waals surface area contributed by atoms with E-state index in [-0.39, 0.29) is 5.91 Å². The molecule has 9 heavy (non-hydrogen) atoms. The number of rotatable bonds is 1. The number of carbonyl (C=O) groups excluding carboxylic acids is 1. The third kappa shape index (κ3) is 1.60. The largest absolute Gasteiger partial charge is 0.348 e. The number of anilines is 1. The summed E-state index contributed by atoms with van der Waals surface area (Å²) in [7, 11) is 0. The van der Waals surface area contributed by atoms with Crippen LogP contribution in [0.2, 0.25) is 0 Å². The number of hydrogen-bond donors (Lipinski definition) is 2. The van der Waals surface area contributed by atoms with E-state index in [1.54, 1.807) is 12.3 Å². The van der Waals surface area contributed by atoms with Gasteiger partial charge in [0.1, 0.15) is 5.82 Å². The molecule has 0 aliphatic rings. The van der Waals surface area contributed by atoms with Crippen molar-refractivity contribution in [2.24, 2.45) is 0 Å². The third-order valence-electron chi connectivity index (χ3n) is 0.909.